The molecular formula is C19H18N2O3. The van der Waals surface area contributed by atoms with Crippen molar-refractivity contribution in [2.45, 2.75) is 13.8 Å². The highest BCUT2D eigenvalue weighted by Gasteiger charge is 2.19. The van der Waals surface area contributed by atoms with Gasteiger partial charge < -0.3 is 14.6 Å². The van der Waals surface area contributed by atoms with Crippen LogP contribution in [-0.4, -0.2) is 18.2 Å². The van der Waals surface area contributed by atoms with Crippen molar-refractivity contribution in [2.75, 3.05) is 12.4 Å². The summed E-state index contributed by atoms with van der Waals surface area (Å²) >= 11 is 0. The number of methoxy groups -OCH3 is 1. The first-order valence-electron chi connectivity index (χ1n) is 7.57. The average Bonchev–Trinajstić information content (AvgIpc) is 3.08. The van der Waals surface area contributed by atoms with Crippen LogP contribution in [0.1, 0.15) is 21.5 Å². The maximum absolute atomic E-state index is 12.7. The predicted octanol–water partition coefficient (Wildman–Crippen LogP) is 4.22. The minimum atomic E-state index is -0.250. The number of ether oxygens (including phenoxy) is 1. The van der Waals surface area contributed by atoms with Gasteiger partial charge in [-0.1, -0.05) is 23.4 Å². The fourth-order valence-electron chi connectivity index (χ4n) is 2.54. The van der Waals surface area contributed by atoms with E-state index >= 15 is 0 Å². The molecule has 5 nitrogen and oxygen atoms in total. The van der Waals surface area contributed by atoms with E-state index < -0.39 is 0 Å². The Kier molecular flexibility index (Phi) is 4.33. The molecule has 0 fully saturated rings. The first-order valence-corrected chi connectivity index (χ1v) is 7.57. The zero-order valence-electron chi connectivity index (χ0n) is 13.8. The summed E-state index contributed by atoms with van der Waals surface area (Å²) < 4.78 is 10.4. The Labute approximate surface area is 140 Å². The van der Waals surface area contributed by atoms with Crippen LogP contribution in [0.2, 0.25) is 0 Å². The molecule has 0 saturated carbocycles. The number of carbonyl (C=O) groups excluding carboxylic acids is 1. The van der Waals surface area contributed by atoms with Crippen molar-refractivity contribution >= 4 is 11.6 Å². The van der Waals surface area contributed by atoms with E-state index in [1.165, 1.54) is 6.20 Å². The van der Waals surface area contributed by atoms with Gasteiger partial charge in [0.2, 0.25) is 0 Å². The van der Waals surface area contributed by atoms with Gasteiger partial charge in [-0.2, -0.15) is 0 Å². The Morgan fingerprint density at radius 3 is 2.38 bits per heavy atom. The maximum atomic E-state index is 12.7. The summed E-state index contributed by atoms with van der Waals surface area (Å²) in [5, 5.41) is 6.73. The Bertz CT molecular complexity index is 846. The molecule has 1 heterocycles. The summed E-state index contributed by atoms with van der Waals surface area (Å²) in [4.78, 5) is 12.7. The summed E-state index contributed by atoms with van der Waals surface area (Å²) in [7, 11) is 1.60. The van der Waals surface area contributed by atoms with Gasteiger partial charge in [0.25, 0.3) is 5.91 Å². The number of para-hydroxylation sites is 1. The second-order valence-electron chi connectivity index (χ2n) is 5.52. The Hall–Kier alpha value is -3.08. The molecule has 0 aliphatic carbocycles. The van der Waals surface area contributed by atoms with E-state index in [9.17, 15) is 4.79 Å². The number of aromatic nitrogens is 1. The lowest BCUT2D eigenvalue weighted by atomic mass is 10.1. The van der Waals surface area contributed by atoms with Crippen LogP contribution < -0.4 is 10.1 Å². The Morgan fingerprint density at radius 2 is 1.75 bits per heavy atom. The number of rotatable bonds is 4. The largest absolute Gasteiger partial charge is 0.497 e. The van der Waals surface area contributed by atoms with Gasteiger partial charge in [0, 0.05) is 11.3 Å². The lowest BCUT2D eigenvalue weighted by molar-refractivity contribution is 0.102. The molecule has 1 aromatic heterocycles. The summed E-state index contributed by atoms with van der Waals surface area (Å²) in [6.07, 6.45) is 1.43. The molecule has 0 radical (unpaired) electrons. The molecule has 0 bridgehead atoms. The van der Waals surface area contributed by atoms with Crippen molar-refractivity contribution in [1.29, 1.82) is 0 Å². The third-order valence-electron chi connectivity index (χ3n) is 3.89. The van der Waals surface area contributed by atoms with Gasteiger partial charge >= 0.3 is 0 Å². The molecule has 0 aliphatic heterocycles. The minimum Gasteiger partial charge on any atom is -0.497 e. The highest BCUT2D eigenvalue weighted by Crippen LogP contribution is 2.27. The third kappa shape index (κ3) is 3.01. The van der Waals surface area contributed by atoms with E-state index in [4.69, 9.17) is 9.26 Å². The van der Waals surface area contributed by atoms with Crippen LogP contribution >= 0.6 is 0 Å². The fraction of sp³-hybridized carbons (Fsp3) is 0.158. The molecule has 0 unspecified atom stereocenters. The Morgan fingerprint density at radius 1 is 1.08 bits per heavy atom. The van der Waals surface area contributed by atoms with Crippen LogP contribution in [0.4, 0.5) is 5.69 Å². The predicted molar refractivity (Wildman–Crippen MR) is 92.4 cm³/mol. The smallest absolute Gasteiger partial charge is 0.261 e. The topological polar surface area (TPSA) is 64.4 Å². The molecule has 122 valence electrons. The monoisotopic (exact) mass is 322 g/mol. The number of amides is 1. The van der Waals surface area contributed by atoms with E-state index in [-0.39, 0.29) is 5.91 Å². The average molecular weight is 322 g/mol. The van der Waals surface area contributed by atoms with E-state index in [1.807, 2.05) is 56.3 Å². The molecule has 0 aliphatic rings. The van der Waals surface area contributed by atoms with Gasteiger partial charge in [-0.15, -0.1) is 0 Å². The van der Waals surface area contributed by atoms with Crippen molar-refractivity contribution in [3.8, 4) is 17.1 Å². The lowest BCUT2D eigenvalue weighted by Crippen LogP contribution is -2.14. The van der Waals surface area contributed by atoms with Crippen LogP contribution in [-0.2, 0) is 0 Å². The maximum Gasteiger partial charge on any atom is 0.261 e. The van der Waals surface area contributed by atoms with Crippen molar-refractivity contribution in [2.24, 2.45) is 0 Å². The van der Waals surface area contributed by atoms with Gasteiger partial charge in [0.1, 0.15) is 11.3 Å². The molecular weight excluding hydrogens is 304 g/mol. The highest BCUT2D eigenvalue weighted by molar-refractivity contribution is 6.08. The van der Waals surface area contributed by atoms with Crippen LogP contribution in [0, 0.1) is 13.8 Å². The number of carbonyl (C=O) groups is 1. The molecule has 5 heteroatoms. The van der Waals surface area contributed by atoms with Crippen LogP contribution in [0.15, 0.2) is 53.2 Å². The molecule has 0 atom stereocenters. The zero-order chi connectivity index (χ0) is 17.1. The number of anilines is 1. The molecule has 1 N–H and O–H groups in total. The summed E-state index contributed by atoms with van der Waals surface area (Å²) in [5.41, 5.74) is 3.98. The molecule has 3 aromatic rings. The summed E-state index contributed by atoms with van der Waals surface area (Å²) in [6, 6.07) is 13.2. The standard InChI is InChI=1S/C19H18N2O3/c1-12-5-4-6-13(2)17(12)21-19(22)16-11-20-24-18(16)14-7-9-15(23-3)10-8-14/h4-11H,1-3H3,(H,21,22). The first-order chi connectivity index (χ1) is 11.6. The summed E-state index contributed by atoms with van der Waals surface area (Å²) in [5.74, 6) is 0.917. The molecule has 24 heavy (non-hydrogen) atoms. The summed E-state index contributed by atoms with van der Waals surface area (Å²) in [6.45, 7) is 3.92. The van der Waals surface area contributed by atoms with Gasteiger partial charge in [0.05, 0.1) is 13.3 Å². The minimum absolute atomic E-state index is 0.250. The number of hydrogen-bond donors (Lipinski definition) is 1. The number of hydrogen-bond acceptors (Lipinski definition) is 4. The van der Waals surface area contributed by atoms with Gasteiger partial charge in [-0.05, 0) is 49.2 Å². The normalized spacial score (nSPS) is 10.5. The Balaban J connectivity index is 1.90. The fourth-order valence-corrected chi connectivity index (χ4v) is 2.54. The lowest BCUT2D eigenvalue weighted by Gasteiger charge is -2.11. The number of aryl methyl sites for hydroxylation is 2. The van der Waals surface area contributed by atoms with Crippen molar-refractivity contribution in [3.05, 3.63) is 65.4 Å². The van der Waals surface area contributed by atoms with E-state index in [0.29, 0.717) is 11.3 Å². The number of nitrogens with zero attached hydrogens (tertiary/aromatic N) is 1. The molecule has 2 aromatic carbocycles. The SMILES string of the molecule is COc1ccc(-c2oncc2C(=O)Nc2c(C)cccc2C)cc1. The van der Waals surface area contributed by atoms with E-state index in [2.05, 4.69) is 10.5 Å². The second kappa shape index (κ2) is 6.58. The molecule has 0 saturated heterocycles. The van der Waals surface area contributed by atoms with Crippen molar-refractivity contribution in [1.82, 2.24) is 5.16 Å². The third-order valence-corrected chi connectivity index (χ3v) is 3.89. The van der Waals surface area contributed by atoms with Gasteiger partial charge in [-0.3, -0.25) is 4.79 Å². The second-order valence-corrected chi connectivity index (χ2v) is 5.52. The van der Waals surface area contributed by atoms with Gasteiger partial charge in [-0.25, -0.2) is 0 Å². The van der Waals surface area contributed by atoms with Crippen molar-refractivity contribution < 1.29 is 14.1 Å². The van der Waals surface area contributed by atoms with E-state index in [1.54, 1.807) is 7.11 Å². The van der Waals surface area contributed by atoms with Crippen LogP contribution in [0.25, 0.3) is 11.3 Å². The first kappa shape index (κ1) is 15.8. The van der Waals surface area contributed by atoms with Crippen molar-refractivity contribution in [3.63, 3.8) is 0 Å². The highest BCUT2D eigenvalue weighted by atomic mass is 16.5. The molecule has 0 spiro atoms. The zero-order valence-corrected chi connectivity index (χ0v) is 13.8. The van der Waals surface area contributed by atoms with E-state index in [0.717, 1.165) is 28.1 Å². The number of benzene rings is 2. The molecule has 1 amide bonds. The number of nitrogens with one attached hydrogen (secondary N) is 1. The van der Waals surface area contributed by atoms with Crippen LogP contribution in [0.3, 0.4) is 0 Å². The van der Waals surface area contributed by atoms with Gasteiger partial charge in [0.15, 0.2) is 5.76 Å². The van der Waals surface area contributed by atoms with Crippen LogP contribution in [0.5, 0.6) is 5.75 Å². The quantitative estimate of drug-likeness (QED) is 0.781. The molecule has 3 rings (SSSR count).